The van der Waals surface area contributed by atoms with Crippen molar-refractivity contribution in [2.75, 3.05) is 6.61 Å². The van der Waals surface area contributed by atoms with Gasteiger partial charge in [0.15, 0.2) is 11.5 Å². The van der Waals surface area contributed by atoms with Gasteiger partial charge < -0.3 is 23.4 Å². The lowest BCUT2D eigenvalue weighted by Gasteiger charge is -2.29. The van der Waals surface area contributed by atoms with Gasteiger partial charge in [-0.15, -0.1) is 0 Å². The molecule has 0 N–H and O–H groups in total. The van der Waals surface area contributed by atoms with Gasteiger partial charge in [0.25, 0.3) is 5.79 Å². The standard InChI is InChI=1S/C20H18O8/c1-4-24-16-11-12(10-13-17(21)27-20(2,3)28-18(13)22)7-8-14(16)26-19(23)15-6-5-9-25-15/h5-11H,4H2,1-3H3. The van der Waals surface area contributed by atoms with Crippen LogP contribution in [-0.4, -0.2) is 30.3 Å². The maximum absolute atomic E-state index is 12.1. The van der Waals surface area contributed by atoms with Crippen molar-refractivity contribution in [2.24, 2.45) is 0 Å². The average molecular weight is 386 g/mol. The Labute approximate surface area is 160 Å². The summed E-state index contributed by atoms with van der Waals surface area (Å²) >= 11 is 0. The molecule has 1 aliphatic rings. The van der Waals surface area contributed by atoms with Crippen molar-refractivity contribution in [1.82, 2.24) is 0 Å². The van der Waals surface area contributed by atoms with E-state index in [0.717, 1.165) is 0 Å². The highest BCUT2D eigenvalue weighted by atomic mass is 16.7. The van der Waals surface area contributed by atoms with Crippen molar-refractivity contribution in [1.29, 1.82) is 0 Å². The maximum Gasteiger partial charge on any atom is 0.379 e. The van der Waals surface area contributed by atoms with E-state index in [1.54, 1.807) is 19.1 Å². The van der Waals surface area contributed by atoms with E-state index >= 15 is 0 Å². The number of hydrogen-bond acceptors (Lipinski definition) is 8. The summed E-state index contributed by atoms with van der Waals surface area (Å²) in [7, 11) is 0. The van der Waals surface area contributed by atoms with Crippen molar-refractivity contribution in [3.8, 4) is 11.5 Å². The number of hydrogen-bond donors (Lipinski definition) is 0. The van der Waals surface area contributed by atoms with Crippen LogP contribution in [0.15, 0.2) is 46.6 Å². The van der Waals surface area contributed by atoms with Gasteiger partial charge in [-0.2, -0.15) is 0 Å². The molecule has 0 atom stereocenters. The molecule has 1 saturated heterocycles. The first kappa shape index (κ1) is 19.2. The van der Waals surface area contributed by atoms with Gasteiger partial charge in [-0.25, -0.2) is 14.4 Å². The van der Waals surface area contributed by atoms with Crippen molar-refractivity contribution in [3.05, 3.63) is 53.5 Å². The Morgan fingerprint density at radius 2 is 1.82 bits per heavy atom. The van der Waals surface area contributed by atoms with Crippen molar-refractivity contribution in [2.45, 2.75) is 26.6 Å². The summed E-state index contributed by atoms with van der Waals surface area (Å²) in [6.07, 6.45) is 2.68. The molecule has 2 aromatic rings. The van der Waals surface area contributed by atoms with Crippen molar-refractivity contribution >= 4 is 24.0 Å². The van der Waals surface area contributed by atoms with Crippen LogP contribution in [0.1, 0.15) is 36.9 Å². The first-order valence-electron chi connectivity index (χ1n) is 8.50. The third-order valence-corrected chi connectivity index (χ3v) is 3.62. The number of esters is 3. The van der Waals surface area contributed by atoms with E-state index in [9.17, 15) is 14.4 Å². The molecule has 0 unspecified atom stereocenters. The van der Waals surface area contributed by atoms with E-state index in [1.807, 2.05) is 0 Å². The number of ether oxygens (including phenoxy) is 4. The zero-order valence-corrected chi connectivity index (χ0v) is 15.5. The molecule has 2 heterocycles. The minimum atomic E-state index is -1.31. The van der Waals surface area contributed by atoms with Gasteiger partial charge in [0, 0.05) is 13.8 Å². The summed E-state index contributed by atoms with van der Waals surface area (Å²) in [6, 6.07) is 7.62. The third kappa shape index (κ3) is 4.22. The highest BCUT2D eigenvalue weighted by molar-refractivity contribution is 6.18. The number of carbonyl (C=O) groups is 3. The topological polar surface area (TPSA) is 101 Å². The average Bonchev–Trinajstić information content (AvgIpc) is 3.14. The second-order valence-electron chi connectivity index (χ2n) is 6.24. The predicted octanol–water partition coefficient (Wildman–Crippen LogP) is 3.12. The molecular weight excluding hydrogens is 368 g/mol. The zero-order valence-electron chi connectivity index (χ0n) is 15.5. The third-order valence-electron chi connectivity index (χ3n) is 3.62. The van der Waals surface area contributed by atoms with Gasteiger partial charge in [0.2, 0.25) is 5.76 Å². The van der Waals surface area contributed by atoms with Crippen LogP contribution in [0.3, 0.4) is 0 Å². The fraction of sp³-hybridized carbons (Fsp3) is 0.250. The molecule has 8 heteroatoms. The highest BCUT2D eigenvalue weighted by Gasteiger charge is 2.38. The lowest BCUT2D eigenvalue weighted by molar-refractivity contribution is -0.222. The van der Waals surface area contributed by atoms with Gasteiger partial charge >= 0.3 is 17.9 Å². The number of benzene rings is 1. The van der Waals surface area contributed by atoms with E-state index in [4.69, 9.17) is 23.4 Å². The normalized spacial score (nSPS) is 15.5. The van der Waals surface area contributed by atoms with Crippen LogP contribution >= 0.6 is 0 Å². The van der Waals surface area contributed by atoms with Gasteiger partial charge in [-0.05, 0) is 42.8 Å². The summed E-state index contributed by atoms with van der Waals surface area (Å²) < 4.78 is 25.9. The Bertz CT molecular complexity index is 915. The highest BCUT2D eigenvalue weighted by Crippen LogP contribution is 2.31. The molecule has 1 aliphatic heterocycles. The number of rotatable bonds is 5. The molecule has 146 valence electrons. The Balaban J connectivity index is 1.87. The summed E-state index contributed by atoms with van der Waals surface area (Å²) in [5.74, 6) is -3.09. The number of cyclic esters (lactones) is 2. The van der Waals surface area contributed by atoms with Crippen molar-refractivity contribution < 1.29 is 37.7 Å². The summed E-state index contributed by atoms with van der Waals surface area (Å²) in [5, 5.41) is 0. The molecular formula is C20H18O8. The summed E-state index contributed by atoms with van der Waals surface area (Å²) in [6.45, 7) is 5.01. The van der Waals surface area contributed by atoms with E-state index in [-0.39, 0.29) is 22.8 Å². The second kappa shape index (κ2) is 7.59. The number of carbonyl (C=O) groups excluding carboxylic acids is 3. The molecule has 3 rings (SSSR count). The van der Waals surface area contributed by atoms with Crippen LogP contribution in [0.5, 0.6) is 11.5 Å². The van der Waals surface area contributed by atoms with Gasteiger partial charge in [-0.1, -0.05) is 6.07 Å². The van der Waals surface area contributed by atoms with E-state index < -0.39 is 23.7 Å². The fourth-order valence-electron chi connectivity index (χ4n) is 2.46. The maximum atomic E-state index is 12.1. The van der Waals surface area contributed by atoms with Gasteiger partial charge in [0.1, 0.15) is 5.57 Å². The molecule has 0 aliphatic carbocycles. The summed E-state index contributed by atoms with van der Waals surface area (Å²) in [4.78, 5) is 36.2. The SMILES string of the molecule is CCOc1cc(C=C2C(=O)OC(C)(C)OC2=O)ccc1OC(=O)c1ccco1. The quantitative estimate of drug-likeness (QED) is 0.334. The van der Waals surface area contributed by atoms with E-state index in [2.05, 4.69) is 0 Å². The minimum absolute atomic E-state index is 0.0453. The molecule has 8 nitrogen and oxygen atoms in total. The molecule has 0 bridgehead atoms. The largest absolute Gasteiger partial charge is 0.490 e. The predicted molar refractivity (Wildman–Crippen MR) is 95.5 cm³/mol. The van der Waals surface area contributed by atoms with Gasteiger partial charge in [-0.3, -0.25) is 0 Å². The monoisotopic (exact) mass is 386 g/mol. The molecule has 0 amide bonds. The molecule has 0 saturated carbocycles. The first-order chi connectivity index (χ1) is 13.3. The Morgan fingerprint density at radius 3 is 2.43 bits per heavy atom. The van der Waals surface area contributed by atoms with Crippen LogP contribution in [0.4, 0.5) is 0 Å². The molecule has 1 fully saturated rings. The zero-order chi connectivity index (χ0) is 20.3. The number of furan rings is 1. The van der Waals surface area contributed by atoms with Crippen LogP contribution in [0.2, 0.25) is 0 Å². The fourth-order valence-corrected chi connectivity index (χ4v) is 2.46. The molecule has 0 radical (unpaired) electrons. The first-order valence-corrected chi connectivity index (χ1v) is 8.50. The van der Waals surface area contributed by atoms with Crippen LogP contribution < -0.4 is 9.47 Å². The van der Waals surface area contributed by atoms with Crippen molar-refractivity contribution in [3.63, 3.8) is 0 Å². The van der Waals surface area contributed by atoms with E-state index in [1.165, 1.54) is 44.4 Å². The second-order valence-corrected chi connectivity index (χ2v) is 6.24. The molecule has 1 aromatic heterocycles. The lowest BCUT2D eigenvalue weighted by atomic mass is 10.1. The van der Waals surface area contributed by atoms with Crippen LogP contribution in [-0.2, 0) is 19.1 Å². The smallest absolute Gasteiger partial charge is 0.379 e. The summed E-state index contributed by atoms with van der Waals surface area (Å²) in [5.41, 5.74) is 0.215. The Morgan fingerprint density at radius 1 is 1.11 bits per heavy atom. The Kier molecular flexibility index (Phi) is 5.21. The Hall–Kier alpha value is -3.55. The minimum Gasteiger partial charge on any atom is -0.490 e. The molecule has 1 aromatic carbocycles. The lowest BCUT2D eigenvalue weighted by Crippen LogP contribution is -2.41. The van der Waals surface area contributed by atoms with Gasteiger partial charge in [0.05, 0.1) is 12.9 Å². The van der Waals surface area contributed by atoms with E-state index in [0.29, 0.717) is 12.2 Å². The van der Waals surface area contributed by atoms with Crippen LogP contribution in [0.25, 0.3) is 6.08 Å². The molecule has 0 spiro atoms. The van der Waals surface area contributed by atoms with Crippen LogP contribution in [0, 0.1) is 0 Å². The molecule has 28 heavy (non-hydrogen) atoms.